The Bertz CT molecular complexity index is 143. The van der Waals surface area contributed by atoms with Crippen LogP contribution in [0.25, 0.3) is 0 Å². The first-order valence-electron chi connectivity index (χ1n) is 5.30. The first-order chi connectivity index (χ1) is 6.07. The third-order valence-corrected chi connectivity index (χ3v) is 2.48. The maximum atomic E-state index is 10.6. The standard InChI is InChI=1S/C11H22O2/c1-4-5-6-7-9(2)8-10(3)11(12)13/h9-10H,4-8H2,1-3H3,(H,12,13)/t9-,10+/m0/s1. The molecule has 0 aliphatic carbocycles. The number of rotatable bonds is 7. The summed E-state index contributed by atoms with van der Waals surface area (Å²) in [5.41, 5.74) is 0. The molecule has 2 heteroatoms. The summed E-state index contributed by atoms with van der Waals surface area (Å²) in [7, 11) is 0. The summed E-state index contributed by atoms with van der Waals surface area (Å²) in [6, 6.07) is 0. The van der Waals surface area contributed by atoms with E-state index in [2.05, 4.69) is 13.8 Å². The quantitative estimate of drug-likeness (QED) is 0.619. The molecule has 0 aromatic rings. The van der Waals surface area contributed by atoms with Crippen LogP contribution >= 0.6 is 0 Å². The van der Waals surface area contributed by atoms with Crippen LogP contribution < -0.4 is 0 Å². The Balaban J connectivity index is 3.49. The number of unbranched alkanes of at least 4 members (excludes halogenated alkanes) is 2. The molecule has 0 unspecified atom stereocenters. The van der Waals surface area contributed by atoms with Crippen molar-refractivity contribution in [3.8, 4) is 0 Å². The van der Waals surface area contributed by atoms with E-state index in [1.807, 2.05) is 0 Å². The number of aliphatic carboxylic acids is 1. The fourth-order valence-electron chi connectivity index (χ4n) is 1.57. The zero-order valence-electron chi connectivity index (χ0n) is 9.05. The van der Waals surface area contributed by atoms with Crippen molar-refractivity contribution in [1.82, 2.24) is 0 Å². The first kappa shape index (κ1) is 12.5. The molecule has 2 atom stereocenters. The molecule has 78 valence electrons. The fraction of sp³-hybridized carbons (Fsp3) is 0.909. The molecule has 0 spiro atoms. The molecular weight excluding hydrogens is 164 g/mol. The normalized spacial score (nSPS) is 15.3. The molecule has 0 saturated carbocycles. The summed E-state index contributed by atoms with van der Waals surface area (Å²) in [6.07, 6.45) is 5.74. The molecule has 0 heterocycles. The zero-order chi connectivity index (χ0) is 10.3. The summed E-state index contributed by atoms with van der Waals surface area (Å²) in [4.78, 5) is 10.6. The minimum atomic E-state index is -0.664. The van der Waals surface area contributed by atoms with E-state index < -0.39 is 5.97 Å². The lowest BCUT2D eigenvalue weighted by Gasteiger charge is -2.13. The lowest BCUT2D eigenvalue weighted by atomic mass is 9.93. The lowest BCUT2D eigenvalue weighted by Crippen LogP contribution is -2.13. The molecule has 0 aromatic heterocycles. The van der Waals surface area contributed by atoms with E-state index in [9.17, 15) is 4.79 Å². The minimum Gasteiger partial charge on any atom is -0.481 e. The number of carboxylic acid groups (broad SMARTS) is 1. The number of hydrogen-bond donors (Lipinski definition) is 1. The Kier molecular flexibility index (Phi) is 6.65. The van der Waals surface area contributed by atoms with Crippen molar-refractivity contribution < 1.29 is 9.90 Å². The Labute approximate surface area is 81.3 Å². The van der Waals surface area contributed by atoms with Crippen LogP contribution in [0.1, 0.15) is 52.9 Å². The average Bonchev–Trinajstić information content (AvgIpc) is 2.04. The molecule has 0 rings (SSSR count). The molecule has 0 aliphatic rings. The second-order valence-corrected chi connectivity index (χ2v) is 4.08. The summed E-state index contributed by atoms with van der Waals surface area (Å²) < 4.78 is 0. The largest absolute Gasteiger partial charge is 0.481 e. The van der Waals surface area contributed by atoms with Crippen LogP contribution in [-0.4, -0.2) is 11.1 Å². The maximum Gasteiger partial charge on any atom is 0.306 e. The first-order valence-corrected chi connectivity index (χ1v) is 5.30. The highest BCUT2D eigenvalue weighted by atomic mass is 16.4. The van der Waals surface area contributed by atoms with Gasteiger partial charge in [0.2, 0.25) is 0 Å². The summed E-state index contributed by atoms with van der Waals surface area (Å²) in [5, 5.41) is 8.70. The Morgan fingerprint density at radius 2 is 1.92 bits per heavy atom. The van der Waals surface area contributed by atoms with Gasteiger partial charge in [-0.1, -0.05) is 46.5 Å². The lowest BCUT2D eigenvalue weighted by molar-refractivity contribution is -0.141. The highest BCUT2D eigenvalue weighted by Gasteiger charge is 2.14. The molecule has 0 aromatic carbocycles. The van der Waals surface area contributed by atoms with Gasteiger partial charge < -0.3 is 5.11 Å². The molecule has 0 radical (unpaired) electrons. The number of hydrogen-bond acceptors (Lipinski definition) is 1. The SMILES string of the molecule is CCCCC[C@H](C)C[C@@H](C)C(=O)O. The Morgan fingerprint density at radius 1 is 1.31 bits per heavy atom. The van der Waals surface area contributed by atoms with Crippen molar-refractivity contribution in [1.29, 1.82) is 0 Å². The van der Waals surface area contributed by atoms with Gasteiger partial charge in [-0.25, -0.2) is 0 Å². The second kappa shape index (κ2) is 6.93. The van der Waals surface area contributed by atoms with Crippen molar-refractivity contribution in [2.75, 3.05) is 0 Å². The predicted octanol–water partition coefficient (Wildman–Crippen LogP) is 3.31. The molecule has 13 heavy (non-hydrogen) atoms. The maximum absolute atomic E-state index is 10.6. The smallest absolute Gasteiger partial charge is 0.306 e. The van der Waals surface area contributed by atoms with E-state index in [1.165, 1.54) is 25.7 Å². The third kappa shape index (κ3) is 6.62. The molecule has 0 amide bonds. The third-order valence-electron chi connectivity index (χ3n) is 2.48. The van der Waals surface area contributed by atoms with Gasteiger partial charge in [0.25, 0.3) is 0 Å². The highest BCUT2D eigenvalue weighted by molar-refractivity contribution is 5.69. The average molecular weight is 186 g/mol. The van der Waals surface area contributed by atoms with E-state index in [4.69, 9.17) is 5.11 Å². The second-order valence-electron chi connectivity index (χ2n) is 4.08. The van der Waals surface area contributed by atoms with Crippen LogP contribution in [0.4, 0.5) is 0 Å². The molecule has 0 aliphatic heterocycles. The van der Waals surface area contributed by atoms with E-state index in [0.29, 0.717) is 5.92 Å². The van der Waals surface area contributed by atoms with Gasteiger partial charge >= 0.3 is 5.97 Å². The summed E-state index contributed by atoms with van der Waals surface area (Å²) >= 11 is 0. The van der Waals surface area contributed by atoms with Crippen molar-refractivity contribution in [2.24, 2.45) is 11.8 Å². The van der Waals surface area contributed by atoms with Crippen LogP contribution in [0.5, 0.6) is 0 Å². The number of carboxylic acids is 1. The van der Waals surface area contributed by atoms with Gasteiger partial charge in [-0.05, 0) is 12.3 Å². The monoisotopic (exact) mass is 186 g/mol. The fourth-order valence-corrected chi connectivity index (χ4v) is 1.57. The van der Waals surface area contributed by atoms with Crippen LogP contribution in [0, 0.1) is 11.8 Å². The zero-order valence-corrected chi connectivity index (χ0v) is 9.05. The van der Waals surface area contributed by atoms with Gasteiger partial charge in [0.05, 0.1) is 5.92 Å². The van der Waals surface area contributed by atoms with Gasteiger partial charge in [0.1, 0.15) is 0 Å². The molecular formula is C11H22O2. The molecule has 0 fully saturated rings. The van der Waals surface area contributed by atoms with Gasteiger partial charge in [0, 0.05) is 0 Å². The number of carbonyl (C=O) groups is 1. The van der Waals surface area contributed by atoms with E-state index in [1.54, 1.807) is 6.92 Å². The van der Waals surface area contributed by atoms with E-state index in [0.717, 1.165) is 6.42 Å². The molecule has 1 N–H and O–H groups in total. The highest BCUT2D eigenvalue weighted by Crippen LogP contribution is 2.18. The Hall–Kier alpha value is -0.530. The van der Waals surface area contributed by atoms with Crippen LogP contribution in [-0.2, 0) is 4.79 Å². The van der Waals surface area contributed by atoms with Crippen LogP contribution in [0.3, 0.4) is 0 Å². The predicted molar refractivity (Wildman–Crippen MR) is 54.7 cm³/mol. The van der Waals surface area contributed by atoms with Crippen molar-refractivity contribution in [3.63, 3.8) is 0 Å². The van der Waals surface area contributed by atoms with Gasteiger partial charge in [-0.2, -0.15) is 0 Å². The van der Waals surface area contributed by atoms with Gasteiger partial charge in [-0.15, -0.1) is 0 Å². The molecule has 0 bridgehead atoms. The molecule has 0 saturated heterocycles. The van der Waals surface area contributed by atoms with Crippen molar-refractivity contribution in [2.45, 2.75) is 52.9 Å². The van der Waals surface area contributed by atoms with Crippen LogP contribution in [0.15, 0.2) is 0 Å². The summed E-state index contributed by atoms with van der Waals surface area (Å²) in [5.74, 6) is -0.295. The van der Waals surface area contributed by atoms with Crippen molar-refractivity contribution >= 4 is 5.97 Å². The van der Waals surface area contributed by atoms with E-state index in [-0.39, 0.29) is 5.92 Å². The van der Waals surface area contributed by atoms with Crippen LogP contribution in [0.2, 0.25) is 0 Å². The van der Waals surface area contributed by atoms with Gasteiger partial charge in [-0.3, -0.25) is 4.79 Å². The topological polar surface area (TPSA) is 37.3 Å². The molecule has 2 nitrogen and oxygen atoms in total. The summed E-state index contributed by atoms with van der Waals surface area (Å²) in [6.45, 7) is 6.12. The Morgan fingerprint density at radius 3 is 2.38 bits per heavy atom. The van der Waals surface area contributed by atoms with Gasteiger partial charge in [0.15, 0.2) is 0 Å². The van der Waals surface area contributed by atoms with E-state index >= 15 is 0 Å². The van der Waals surface area contributed by atoms with Crippen molar-refractivity contribution in [3.05, 3.63) is 0 Å². The minimum absolute atomic E-state index is 0.184.